The van der Waals surface area contributed by atoms with Crippen molar-refractivity contribution < 1.29 is 76.5 Å². The van der Waals surface area contributed by atoms with Crippen LogP contribution in [0.3, 0.4) is 0 Å². The molecule has 2 N–H and O–H groups in total. The number of anilines is 1. The van der Waals surface area contributed by atoms with Gasteiger partial charge in [0, 0.05) is 12.1 Å². The predicted molar refractivity (Wildman–Crippen MR) is 140 cm³/mol. The highest BCUT2D eigenvalue weighted by atomic mass is 19.4. The van der Waals surface area contributed by atoms with E-state index in [9.17, 15) is 66.7 Å². The van der Waals surface area contributed by atoms with Crippen LogP contribution in [0.5, 0.6) is 5.75 Å². The Hall–Kier alpha value is -3.93. The van der Waals surface area contributed by atoms with E-state index in [2.05, 4.69) is 0 Å². The molecule has 0 bridgehead atoms. The zero-order valence-corrected chi connectivity index (χ0v) is 24.3. The summed E-state index contributed by atoms with van der Waals surface area (Å²) in [4.78, 5) is 23.2. The van der Waals surface area contributed by atoms with E-state index >= 15 is 0 Å². The van der Waals surface area contributed by atoms with Gasteiger partial charge in [0.1, 0.15) is 12.4 Å². The number of aryl methyl sites for hydroxylation is 1. The number of ether oxygens (including phenoxy) is 1. The van der Waals surface area contributed by atoms with E-state index in [4.69, 9.17) is 9.84 Å². The molecule has 264 valence electrons. The standard InChI is InChI=1S/C28H27F13N2O4/c1-16(2)18-6-8-19(9-7-18)42-22(46)43(13-14-47-20-10-3-17(4-11-20)5-12-21(44)45)15-23(29,30)24(31,32)25(33,34)26(35,36)27(37,38)28(39,40)41/h3-4,6-11,16H,5,12-15H2,1-2H3,(H,42,46)(H,44,45). The van der Waals surface area contributed by atoms with Gasteiger partial charge in [0.2, 0.25) is 0 Å². The number of nitrogens with zero attached hydrogens (tertiary/aromatic N) is 1. The number of aliphatic carboxylic acids is 1. The van der Waals surface area contributed by atoms with Crippen LogP contribution in [0.1, 0.15) is 37.3 Å². The lowest BCUT2D eigenvalue weighted by atomic mass is 9.93. The van der Waals surface area contributed by atoms with E-state index in [1.807, 2.05) is 5.32 Å². The van der Waals surface area contributed by atoms with Crippen LogP contribution >= 0.6 is 0 Å². The van der Waals surface area contributed by atoms with Gasteiger partial charge in [0.15, 0.2) is 0 Å². The molecule has 0 aliphatic rings. The smallest absolute Gasteiger partial charge is 0.460 e. The summed E-state index contributed by atoms with van der Waals surface area (Å²) in [6.07, 6.45) is -7.68. The van der Waals surface area contributed by atoms with Gasteiger partial charge in [0.25, 0.3) is 0 Å². The third kappa shape index (κ3) is 8.51. The number of nitrogens with one attached hydrogen (secondary N) is 1. The van der Waals surface area contributed by atoms with Crippen molar-refractivity contribution in [1.29, 1.82) is 0 Å². The fourth-order valence-corrected chi connectivity index (χ4v) is 3.82. The highest BCUT2D eigenvalue weighted by molar-refractivity contribution is 5.89. The Balaban J connectivity index is 2.37. The number of carboxylic acid groups (broad SMARTS) is 1. The molecule has 47 heavy (non-hydrogen) atoms. The topological polar surface area (TPSA) is 78.9 Å². The normalized spacial score (nSPS) is 13.4. The minimum atomic E-state index is -8.07. The zero-order valence-electron chi connectivity index (χ0n) is 24.3. The van der Waals surface area contributed by atoms with Gasteiger partial charge in [-0.05, 0) is 47.7 Å². The number of carboxylic acids is 1. The van der Waals surface area contributed by atoms with Crippen LogP contribution in [0.25, 0.3) is 0 Å². The molecule has 2 aromatic rings. The van der Waals surface area contributed by atoms with E-state index in [0.29, 0.717) is 11.1 Å². The summed E-state index contributed by atoms with van der Waals surface area (Å²) < 4.78 is 183. The summed E-state index contributed by atoms with van der Waals surface area (Å²) in [5.41, 5.74) is 1.08. The highest BCUT2D eigenvalue weighted by Crippen LogP contribution is 2.60. The maximum absolute atomic E-state index is 14.7. The summed E-state index contributed by atoms with van der Waals surface area (Å²) >= 11 is 0. The number of carbonyl (C=O) groups is 2. The van der Waals surface area contributed by atoms with Crippen molar-refractivity contribution in [3.05, 3.63) is 59.7 Å². The molecule has 0 aromatic heterocycles. The maximum Gasteiger partial charge on any atom is 0.460 e. The van der Waals surface area contributed by atoms with Crippen LogP contribution in [0.15, 0.2) is 48.5 Å². The Bertz CT molecular complexity index is 1360. The molecule has 0 heterocycles. The van der Waals surface area contributed by atoms with Crippen LogP contribution in [0.2, 0.25) is 0 Å². The van der Waals surface area contributed by atoms with Gasteiger partial charge >= 0.3 is 47.8 Å². The summed E-state index contributed by atoms with van der Waals surface area (Å²) in [7, 11) is 0. The SMILES string of the molecule is CC(C)c1ccc(NC(=O)N(CCOc2ccc(CCC(=O)O)cc2)CC(F)(F)C(F)(F)C(F)(F)C(F)(F)C(F)(F)C(F)(F)F)cc1. The Kier molecular flexibility index (Phi) is 11.7. The number of rotatable bonds is 15. The van der Waals surface area contributed by atoms with Crippen molar-refractivity contribution >= 4 is 17.7 Å². The quantitative estimate of drug-likeness (QED) is 0.183. The molecule has 0 aliphatic heterocycles. The molecule has 0 aliphatic carbocycles. The van der Waals surface area contributed by atoms with E-state index in [1.165, 1.54) is 48.5 Å². The predicted octanol–water partition coefficient (Wildman–Crippen LogP) is 8.48. The molecule has 2 rings (SSSR count). The van der Waals surface area contributed by atoms with Gasteiger partial charge in [-0.15, -0.1) is 0 Å². The molecule has 0 spiro atoms. The minimum Gasteiger partial charge on any atom is -0.492 e. The van der Waals surface area contributed by atoms with Crippen LogP contribution < -0.4 is 10.1 Å². The van der Waals surface area contributed by atoms with Crippen molar-refractivity contribution in [2.24, 2.45) is 0 Å². The first kappa shape index (κ1) is 39.2. The number of alkyl halides is 13. The summed E-state index contributed by atoms with van der Waals surface area (Å²) in [5.74, 6) is -39.2. The lowest BCUT2D eigenvalue weighted by Gasteiger charge is -2.40. The molecule has 6 nitrogen and oxygen atoms in total. The molecule has 0 radical (unpaired) electrons. The molecular formula is C28H27F13N2O4. The molecule has 0 fully saturated rings. The molecule has 0 unspecified atom stereocenters. The molecule has 2 amide bonds. The van der Waals surface area contributed by atoms with Crippen molar-refractivity contribution in [2.75, 3.05) is 25.0 Å². The Labute approximate surface area is 258 Å². The van der Waals surface area contributed by atoms with Crippen LogP contribution in [0.4, 0.5) is 67.6 Å². The zero-order chi connectivity index (χ0) is 36.2. The van der Waals surface area contributed by atoms with E-state index < -0.39 is 67.5 Å². The molecular weight excluding hydrogens is 675 g/mol. The second-order valence-electron chi connectivity index (χ2n) is 10.5. The first-order valence-corrected chi connectivity index (χ1v) is 13.3. The Morgan fingerprint density at radius 2 is 1.28 bits per heavy atom. The van der Waals surface area contributed by atoms with Gasteiger partial charge in [-0.3, -0.25) is 4.79 Å². The lowest BCUT2D eigenvalue weighted by Crippen LogP contribution is -2.71. The van der Waals surface area contributed by atoms with E-state index in [0.717, 1.165) is 0 Å². The molecule has 0 saturated heterocycles. The second kappa shape index (κ2) is 14.0. The van der Waals surface area contributed by atoms with Gasteiger partial charge in [-0.2, -0.15) is 57.1 Å². The number of carbonyl (C=O) groups excluding carboxylic acids is 1. The Morgan fingerprint density at radius 1 is 0.766 bits per heavy atom. The highest BCUT2D eigenvalue weighted by Gasteiger charge is 2.90. The molecule has 0 atom stereocenters. The largest absolute Gasteiger partial charge is 0.492 e. The lowest BCUT2D eigenvalue weighted by molar-refractivity contribution is -0.439. The van der Waals surface area contributed by atoms with Crippen molar-refractivity contribution in [2.45, 2.75) is 68.4 Å². The first-order chi connectivity index (χ1) is 21.3. The summed E-state index contributed by atoms with van der Waals surface area (Å²) in [6.45, 7) is -1.33. The van der Waals surface area contributed by atoms with Gasteiger partial charge in [-0.1, -0.05) is 38.1 Å². The fraction of sp³-hybridized carbons (Fsp3) is 0.500. The monoisotopic (exact) mass is 702 g/mol. The number of benzene rings is 2. The summed E-state index contributed by atoms with van der Waals surface area (Å²) in [5, 5.41) is 10.7. The second-order valence-corrected chi connectivity index (χ2v) is 10.5. The van der Waals surface area contributed by atoms with Gasteiger partial charge in [0.05, 0.1) is 13.1 Å². The number of urea groups is 1. The fourth-order valence-electron chi connectivity index (χ4n) is 3.82. The Morgan fingerprint density at radius 3 is 1.74 bits per heavy atom. The molecule has 0 saturated carbocycles. The third-order valence-electron chi connectivity index (χ3n) is 6.68. The summed E-state index contributed by atoms with van der Waals surface area (Å²) in [6, 6.07) is 8.94. The van der Waals surface area contributed by atoms with Crippen molar-refractivity contribution in [1.82, 2.24) is 4.90 Å². The third-order valence-corrected chi connectivity index (χ3v) is 6.68. The van der Waals surface area contributed by atoms with Crippen molar-refractivity contribution in [3.8, 4) is 5.75 Å². The van der Waals surface area contributed by atoms with Crippen LogP contribution in [-0.2, 0) is 11.2 Å². The van der Waals surface area contributed by atoms with E-state index in [1.54, 1.807) is 13.8 Å². The average Bonchev–Trinajstić information content (AvgIpc) is 2.95. The average molecular weight is 703 g/mol. The molecule has 19 heteroatoms. The van der Waals surface area contributed by atoms with E-state index in [-0.39, 0.29) is 35.1 Å². The number of amides is 2. The van der Waals surface area contributed by atoms with Crippen LogP contribution in [-0.4, -0.2) is 77.5 Å². The molecule has 2 aromatic carbocycles. The van der Waals surface area contributed by atoms with Crippen molar-refractivity contribution in [3.63, 3.8) is 0 Å². The maximum atomic E-state index is 14.7. The van der Waals surface area contributed by atoms with Gasteiger partial charge < -0.3 is 20.1 Å². The van der Waals surface area contributed by atoms with Gasteiger partial charge in [-0.25, -0.2) is 4.79 Å². The minimum absolute atomic E-state index is 0.0231. The number of halogens is 13. The number of hydrogen-bond donors (Lipinski definition) is 2. The number of hydrogen-bond acceptors (Lipinski definition) is 3. The first-order valence-electron chi connectivity index (χ1n) is 13.3. The van der Waals surface area contributed by atoms with Crippen LogP contribution in [0, 0.1) is 0 Å².